The summed E-state index contributed by atoms with van der Waals surface area (Å²) in [5.74, 6) is -1.60. The lowest BCUT2D eigenvalue weighted by atomic mass is 9.89. The number of hydrogen-bond donors (Lipinski definition) is 2. The molecule has 0 saturated carbocycles. The summed E-state index contributed by atoms with van der Waals surface area (Å²) in [5, 5.41) is 5.79. The fourth-order valence-electron chi connectivity index (χ4n) is 3.91. The largest absolute Gasteiger partial charge is 0.379 e. The van der Waals surface area contributed by atoms with E-state index in [9.17, 15) is 14.0 Å². The van der Waals surface area contributed by atoms with Crippen LogP contribution in [-0.2, 0) is 14.3 Å². The van der Waals surface area contributed by atoms with Crippen molar-refractivity contribution in [2.24, 2.45) is 0 Å². The summed E-state index contributed by atoms with van der Waals surface area (Å²) in [6.45, 7) is 3.64. The number of amides is 2. The molecule has 0 radical (unpaired) electrons. The highest BCUT2D eigenvalue weighted by Gasteiger charge is 2.32. The van der Waals surface area contributed by atoms with Gasteiger partial charge in [0.25, 0.3) is 0 Å². The summed E-state index contributed by atoms with van der Waals surface area (Å²) < 4.78 is 19.0. The molecule has 2 aromatic carbocycles. The third-order valence-corrected chi connectivity index (χ3v) is 5.43. The second kappa shape index (κ2) is 8.71. The van der Waals surface area contributed by atoms with Crippen LogP contribution in [0.5, 0.6) is 0 Å². The van der Waals surface area contributed by atoms with Gasteiger partial charge in [0, 0.05) is 31.7 Å². The highest BCUT2D eigenvalue weighted by Crippen LogP contribution is 2.33. The van der Waals surface area contributed by atoms with E-state index in [1.165, 1.54) is 12.1 Å². The molecule has 29 heavy (non-hydrogen) atoms. The maximum Gasteiger partial charge on any atom is 0.228 e. The molecule has 0 aromatic heterocycles. The van der Waals surface area contributed by atoms with Gasteiger partial charge in [0.1, 0.15) is 5.82 Å². The number of morpholine rings is 1. The van der Waals surface area contributed by atoms with Crippen LogP contribution in [-0.4, -0.2) is 49.6 Å². The summed E-state index contributed by atoms with van der Waals surface area (Å²) >= 11 is 0. The van der Waals surface area contributed by atoms with Crippen LogP contribution in [0.3, 0.4) is 0 Å². The van der Waals surface area contributed by atoms with Crippen molar-refractivity contribution in [3.63, 3.8) is 0 Å². The van der Waals surface area contributed by atoms with Crippen molar-refractivity contribution in [3.05, 3.63) is 65.5 Å². The zero-order valence-electron chi connectivity index (χ0n) is 16.1. The van der Waals surface area contributed by atoms with E-state index in [0.717, 1.165) is 18.7 Å². The average Bonchev–Trinajstić information content (AvgIpc) is 2.73. The molecule has 1 saturated heterocycles. The lowest BCUT2D eigenvalue weighted by molar-refractivity contribution is -0.127. The molecule has 2 N–H and O–H groups in total. The van der Waals surface area contributed by atoms with Gasteiger partial charge in [-0.25, -0.2) is 4.39 Å². The first-order valence-electron chi connectivity index (χ1n) is 9.85. The molecule has 2 aromatic rings. The molecule has 4 rings (SSSR count). The van der Waals surface area contributed by atoms with Crippen molar-refractivity contribution in [3.8, 4) is 0 Å². The van der Waals surface area contributed by atoms with E-state index in [1.54, 1.807) is 6.07 Å². The minimum atomic E-state index is -0.643. The smallest absolute Gasteiger partial charge is 0.228 e. The summed E-state index contributed by atoms with van der Waals surface area (Å²) in [4.78, 5) is 27.5. The number of nitrogens with zero attached hydrogens (tertiary/aromatic N) is 1. The molecular formula is C22H24FN3O3. The molecule has 0 spiro atoms. The van der Waals surface area contributed by atoms with Gasteiger partial charge in [0.05, 0.1) is 25.2 Å². The van der Waals surface area contributed by atoms with Crippen LogP contribution in [0.2, 0.25) is 0 Å². The van der Waals surface area contributed by atoms with Gasteiger partial charge in [0.15, 0.2) is 0 Å². The van der Waals surface area contributed by atoms with Crippen molar-refractivity contribution in [1.82, 2.24) is 10.2 Å². The van der Waals surface area contributed by atoms with Crippen LogP contribution < -0.4 is 10.6 Å². The molecular weight excluding hydrogens is 373 g/mol. The molecule has 2 heterocycles. The highest BCUT2D eigenvalue weighted by atomic mass is 19.1. The van der Waals surface area contributed by atoms with E-state index < -0.39 is 11.7 Å². The lowest BCUT2D eigenvalue weighted by Crippen LogP contribution is -2.44. The lowest BCUT2D eigenvalue weighted by Gasteiger charge is -2.32. The number of carbonyl (C=O) groups excluding carboxylic acids is 2. The van der Waals surface area contributed by atoms with E-state index in [4.69, 9.17) is 4.74 Å². The molecule has 2 unspecified atom stereocenters. The van der Waals surface area contributed by atoms with Gasteiger partial charge in [-0.1, -0.05) is 36.4 Å². The van der Waals surface area contributed by atoms with Gasteiger partial charge in [-0.3, -0.25) is 14.5 Å². The third kappa shape index (κ3) is 4.63. The van der Waals surface area contributed by atoms with Gasteiger partial charge in [-0.2, -0.15) is 0 Å². The second-order valence-corrected chi connectivity index (χ2v) is 7.42. The first-order chi connectivity index (χ1) is 14.1. The predicted molar refractivity (Wildman–Crippen MR) is 107 cm³/mol. The number of hydrogen-bond acceptors (Lipinski definition) is 4. The Morgan fingerprint density at radius 3 is 2.72 bits per heavy atom. The molecule has 152 valence electrons. The molecule has 7 heteroatoms. The van der Waals surface area contributed by atoms with Gasteiger partial charge in [-0.15, -0.1) is 0 Å². The number of ether oxygens (including phenoxy) is 1. The number of benzene rings is 2. The quantitative estimate of drug-likeness (QED) is 0.813. The highest BCUT2D eigenvalue weighted by molar-refractivity contribution is 6.01. The Labute approximate surface area is 169 Å². The standard InChI is InChI=1S/C22H24FN3O3/c23-16-6-7-17-18(13-21(27)24-19(17)12-16)22(28)25-20(15-4-2-1-3-5-15)14-26-8-10-29-11-9-26/h1-7,12,18,20H,8-11,13-14H2,(H,24,27)(H,25,28). The van der Waals surface area contributed by atoms with Crippen LogP contribution in [0, 0.1) is 5.82 Å². The SMILES string of the molecule is O=C1CC(C(=O)NC(CN2CCOCC2)c2ccccc2)c2ccc(F)cc2N1. The fraction of sp³-hybridized carbons (Fsp3) is 0.364. The van der Waals surface area contributed by atoms with Gasteiger partial charge < -0.3 is 15.4 Å². The van der Waals surface area contributed by atoms with Crippen LogP contribution >= 0.6 is 0 Å². The summed E-state index contributed by atoms with van der Waals surface area (Å²) in [6, 6.07) is 13.7. The first-order valence-corrected chi connectivity index (χ1v) is 9.85. The monoisotopic (exact) mass is 397 g/mol. The van der Waals surface area contributed by atoms with E-state index >= 15 is 0 Å². The summed E-state index contributed by atoms with van der Waals surface area (Å²) in [6.07, 6.45) is 0.0452. The number of fused-ring (bicyclic) bond motifs is 1. The number of nitrogens with one attached hydrogen (secondary N) is 2. The van der Waals surface area contributed by atoms with E-state index in [1.807, 2.05) is 30.3 Å². The van der Waals surface area contributed by atoms with Gasteiger partial charge in [-0.05, 0) is 23.3 Å². The van der Waals surface area contributed by atoms with E-state index in [-0.39, 0.29) is 24.3 Å². The molecule has 6 nitrogen and oxygen atoms in total. The Hall–Kier alpha value is -2.77. The van der Waals surface area contributed by atoms with Gasteiger partial charge in [0.2, 0.25) is 11.8 Å². The molecule has 0 aliphatic carbocycles. The minimum Gasteiger partial charge on any atom is -0.379 e. The Balaban J connectivity index is 1.55. The zero-order valence-corrected chi connectivity index (χ0v) is 16.1. The minimum absolute atomic E-state index is 0.0452. The Kier molecular flexibility index (Phi) is 5.87. The van der Waals surface area contributed by atoms with Crippen LogP contribution in [0.4, 0.5) is 10.1 Å². The molecule has 2 amide bonds. The fourth-order valence-corrected chi connectivity index (χ4v) is 3.91. The normalized spacial score (nSPS) is 20.4. The Bertz CT molecular complexity index is 884. The van der Waals surface area contributed by atoms with Crippen molar-refractivity contribution >= 4 is 17.5 Å². The van der Waals surface area contributed by atoms with Gasteiger partial charge >= 0.3 is 0 Å². The molecule has 1 fully saturated rings. The molecule has 0 bridgehead atoms. The topological polar surface area (TPSA) is 70.7 Å². The molecule has 2 aliphatic heterocycles. The van der Waals surface area contributed by atoms with E-state index in [2.05, 4.69) is 15.5 Å². The van der Waals surface area contributed by atoms with Crippen molar-refractivity contribution in [2.75, 3.05) is 38.2 Å². The number of rotatable bonds is 5. The maximum absolute atomic E-state index is 13.6. The summed E-state index contributed by atoms with van der Waals surface area (Å²) in [5.41, 5.74) is 2.01. The van der Waals surface area contributed by atoms with E-state index in [0.29, 0.717) is 31.0 Å². The Morgan fingerprint density at radius 1 is 1.21 bits per heavy atom. The second-order valence-electron chi connectivity index (χ2n) is 7.42. The average molecular weight is 397 g/mol. The third-order valence-electron chi connectivity index (χ3n) is 5.43. The number of anilines is 1. The molecule has 2 atom stereocenters. The van der Waals surface area contributed by atoms with Crippen LogP contribution in [0.1, 0.15) is 29.5 Å². The predicted octanol–water partition coefficient (Wildman–Crippen LogP) is 2.44. The van der Waals surface area contributed by atoms with Crippen LogP contribution in [0.25, 0.3) is 0 Å². The maximum atomic E-state index is 13.6. The number of carbonyl (C=O) groups is 2. The first kappa shape index (κ1) is 19.5. The van der Waals surface area contributed by atoms with Crippen molar-refractivity contribution in [1.29, 1.82) is 0 Å². The van der Waals surface area contributed by atoms with Crippen LogP contribution in [0.15, 0.2) is 48.5 Å². The summed E-state index contributed by atoms with van der Waals surface area (Å²) in [7, 11) is 0. The molecule has 2 aliphatic rings. The number of halogens is 1. The van der Waals surface area contributed by atoms with Crippen molar-refractivity contribution in [2.45, 2.75) is 18.4 Å². The zero-order chi connectivity index (χ0) is 20.2. The van der Waals surface area contributed by atoms with Crippen molar-refractivity contribution < 1.29 is 18.7 Å². The Morgan fingerprint density at radius 2 is 1.97 bits per heavy atom.